The molecule has 0 aliphatic carbocycles. The van der Waals surface area contributed by atoms with Crippen molar-refractivity contribution in [1.82, 2.24) is 10.6 Å². The summed E-state index contributed by atoms with van der Waals surface area (Å²) in [5, 5.41) is 6.30. The van der Waals surface area contributed by atoms with Crippen LogP contribution in [0.1, 0.15) is 16.7 Å². The van der Waals surface area contributed by atoms with Crippen LogP contribution in [0.5, 0.6) is 0 Å². The molecule has 1 heterocycles. The highest BCUT2D eigenvalue weighted by molar-refractivity contribution is 9.10. The van der Waals surface area contributed by atoms with E-state index in [4.69, 9.17) is 0 Å². The van der Waals surface area contributed by atoms with E-state index in [-0.39, 0.29) is 11.9 Å². The topological polar surface area (TPSA) is 41.1 Å². The summed E-state index contributed by atoms with van der Waals surface area (Å²) in [4.78, 5) is 12.3. The Hall–Kier alpha value is -1.65. The van der Waals surface area contributed by atoms with Gasteiger partial charge in [0, 0.05) is 17.6 Å². The lowest BCUT2D eigenvalue weighted by Crippen LogP contribution is -2.47. The van der Waals surface area contributed by atoms with E-state index in [0.717, 1.165) is 23.0 Å². The number of hydrogen-bond acceptors (Lipinski definition) is 2. The molecule has 0 unspecified atom stereocenters. The van der Waals surface area contributed by atoms with Gasteiger partial charge in [0.05, 0.1) is 6.04 Å². The zero-order chi connectivity index (χ0) is 14.7. The average Bonchev–Trinajstić information content (AvgIpc) is 2.53. The van der Waals surface area contributed by atoms with Gasteiger partial charge in [-0.3, -0.25) is 4.79 Å². The molecule has 0 fully saturated rings. The summed E-state index contributed by atoms with van der Waals surface area (Å²) in [7, 11) is 0. The Morgan fingerprint density at radius 2 is 1.86 bits per heavy atom. The van der Waals surface area contributed by atoms with Gasteiger partial charge in [0.1, 0.15) is 0 Å². The molecule has 0 saturated heterocycles. The van der Waals surface area contributed by atoms with E-state index in [9.17, 15) is 4.79 Å². The monoisotopic (exact) mass is 344 g/mol. The zero-order valence-corrected chi connectivity index (χ0v) is 13.2. The van der Waals surface area contributed by atoms with Gasteiger partial charge in [-0.25, -0.2) is 0 Å². The van der Waals surface area contributed by atoms with Gasteiger partial charge in [-0.15, -0.1) is 0 Å². The maximum absolute atomic E-state index is 12.3. The number of halogens is 1. The minimum Gasteiger partial charge on any atom is -0.351 e. The molecular formula is C17H17BrN2O. The highest BCUT2D eigenvalue weighted by Crippen LogP contribution is 2.16. The van der Waals surface area contributed by atoms with Gasteiger partial charge in [-0.05, 0) is 35.2 Å². The first-order valence-corrected chi connectivity index (χ1v) is 7.84. The van der Waals surface area contributed by atoms with E-state index < -0.39 is 0 Å². The van der Waals surface area contributed by atoms with E-state index in [1.807, 2.05) is 36.4 Å². The van der Waals surface area contributed by atoms with E-state index in [2.05, 4.69) is 38.7 Å². The normalized spacial score (nSPS) is 17.1. The minimum atomic E-state index is -0.143. The van der Waals surface area contributed by atoms with E-state index >= 15 is 0 Å². The predicted molar refractivity (Wildman–Crippen MR) is 86.8 cm³/mol. The van der Waals surface area contributed by atoms with Crippen molar-refractivity contribution in [2.24, 2.45) is 0 Å². The lowest BCUT2D eigenvalue weighted by atomic mass is 9.95. The molecule has 1 aliphatic rings. The maximum Gasteiger partial charge on any atom is 0.237 e. The van der Waals surface area contributed by atoms with Crippen LogP contribution in [-0.2, 0) is 24.3 Å². The Morgan fingerprint density at radius 3 is 2.62 bits per heavy atom. The molecule has 3 nitrogen and oxygen atoms in total. The van der Waals surface area contributed by atoms with Crippen molar-refractivity contribution in [2.75, 3.05) is 0 Å². The van der Waals surface area contributed by atoms with Crippen molar-refractivity contribution in [1.29, 1.82) is 0 Å². The molecule has 2 N–H and O–H groups in total. The largest absolute Gasteiger partial charge is 0.351 e. The van der Waals surface area contributed by atoms with Crippen LogP contribution in [0.3, 0.4) is 0 Å². The van der Waals surface area contributed by atoms with Crippen LogP contribution in [0, 0.1) is 0 Å². The molecular weight excluding hydrogens is 328 g/mol. The number of benzene rings is 2. The standard InChI is InChI=1S/C17H17BrN2O/c18-15-7-5-12(6-8-15)10-20-17(21)16-9-13-3-1-2-4-14(13)11-19-16/h1-8,16,19H,9-11H2,(H,20,21)/t16-/m0/s1. The smallest absolute Gasteiger partial charge is 0.237 e. The quantitative estimate of drug-likeness (QED) is 0.898. The first kappa shape index (κ1) is 14.3. The van der Waals surface area contributed by atoms with E-state index in [0.29, 0.717) is 6.54 Å². The summed E-state index contributed by atoms with van der Waals surface area (Å²) in [6.45, 7) is 1.32. The summed E-state index contributed by atoms with van der Waals surface area (Å²) in [5.74, 6) is 0.0624. The zero-order valence-electron chi connectivity index (χ0n) is 11.6. The molecule has 0 aromatic heterocycles. The summed E-state index contributed by atoms with van der Waals surface area (Å²) < 4.78 is 1.04. The molecule has 1 amide bonds. The SMILES string of the molecule is O=C(NCc1ccc(Br)cc1)[C@@H]1Cc2ccccc2CN1. The lowest BCUT2D eigenvalue weighted by Gasteiger charge is -2.25. The molecule has 21 heavy (non-hydrogen) atoms. The van der Waals surface area contributed by atoms with Gasteiger partial charge in [0.15, 0.2) is 0 Å². The third-order valence-electron chi connectivity index (χ3n) is 3.78. The third-order valence-corrected chi connectivity index (χ3v) is 4.31. The number of rotatable bonds is 3. The molecule has 2 aromatic carbocycles. The van der Waals surface area contributed by atoms with Gasteiger partial charge >= 0.3 is 0 Å². The van der Waals surface area contributed by atoms with Crippen LogP contribution in [0.15, 0.2) is 53.0 Å². The van der Waals surface area contributed by atoms with Crippen molar-refractivity contribution >= 4 is 21.8 Å². The summed E-state index contributed by atoms with van der Waals surface area (Å²) in [6, 6.07) is 16.1. The van der Waals surface area contributed by atoms with Crippen LogP contribution in [0.25, 0.3) is 0 Å². The van der Waals surface area contributed by atoms with Crippen LogP contribution in [-0.4, -0.2) is 11.9 Å². The molecule has 1 aliphatic heterocycles. The molecule has 0 bridgehead atoms. The average molecular weight is 345 g/mol. The molecule has 2 aromatic rings. The highest BCUT2D eigenvalue weighted by Gasteiger charge is 2.23. The van der Waals surface area contributed by atoms with Crippen molar-refractivity contribution in [2.45, 2.75) is 25.6 Å². The summed E-state index contributed by atoms with van der Waals surface area (Å²) in [6.07, 6.45) is 0.752. The van der Waals surface area contributed by atoms with E-state index in [1.165, 1.54) is 11.1 Å². The molecule has 4 heteroatoms. The lowest BCUT2D eigenvalue weighted by molar-refractivity contribution is -0.123. The fourth-order valence-corrected chi connectivity index (χ4v) is 2.82. The van der Waals surface area contributed by atoms with Crippen molar-refractivity contribution < 1.29 is 4.79 Å². The highest BCUT2D eigenvalue weighted by atomic mass is 79.9. The molecule has 0 spiro atoms. The Kier molecular flexibility index (Phi) is 4.36. The van der Waals surface area contributed by atoms with Gasteiger partial charge < -0.3 is 10.6 Å². The van der Waals surface area contributed by atoms with Gasteiger partial charge in [0.2, 0.25) is 5.91 Å². The fourth-order valence-electron chi connectivity index (χ4n) is 2.55. The number of amides is 1. The van der Waals surface area contributed by atoms with Crippen molar-refractivity contribution in [3.63, 3.8) is 0 Å². The van der Waals surface area contributed by atoms with Crippen molar-refractivity contribution in [3.8, 4) is 0 Å². The first-order chi connectivity index (χ1) is 10.2. The predicted octanol–water partition coefficient (Wildman–Crippen LogP) is 2.78. The number of fused-ring (bicyclic) bond motifs is 1. The molecule has 0 saturated carbocycles. The Bertz CT molecular complexity index is 639. The van der Waals surface area contributed by atoms with Gasteiger partial charge in [-0.1, -0.05) is 52.3 Å². The first-order valence-electron chi connectivity index (χ1n) is 7.05. The molecule has 3 rings (SSSR count). The molecule has 0 radical (unpaired) electrons. The van der Waals surface area contributed by atoms with Crippen LogP contribution in [0.4, 0.5) is 0 Å². The second-order valence-electron chi connectivity index (χ2n) is 5.25. The number of carbonyl (C=O) groups excluding carboxylic acids is 1. The third kappa shape index (κ3) is 3.52. The number of nitrogens with one attached hydrogen (secondary N) is 2. The Labute approximate surface area is 132 Å². The summed E-state index contributed by atoms with van der Waals surface area (Å²) >= 11 is 3.41. The molecule has 1 atom stereocenters. The second kappa shape index (κ2) is 6.41. The minimum absolute atomic E-state index is 0.0624. The van der Waals surface area contributed by atoms with Crippen LogP contribution < -0.4 is 10.6 Å². The van der Waals surface area contributed by atoms with Gasteiger partial charge in [0.25, 0.3) is 0 Å². The Morgan fingerprint density at radius 1 is 1.14 bits per heavy atom. The summed E-state index contributed by atoms with van der Waals surface area (Å²) in [5.41, 5.74) is 3.65. The van der Waals surface area contributed by atoms with E-state index in [1.54, 1.807) is 0 Å². The molecule has 108 valence electrons. The van der Waals surface area contributed by atoms with Gasteiger partial charge in [-0.2, -0.15) is 0 Å². The van der Waals surface area contributed by atoms with Crippen LogP contribution >= 0.6 is 15.9 Å². The Balaban J connectivity index is 1.58. The fraction of sp³-hybridized carbons (Fsp3) is 0.235. The number of carbonyl (C=O) groups is 1. The second-order valence-corrected chi connectivity index (χ2v) is 6.17. The maximum atomic E-state index is 12.3. The van der Waals surface area contributed by atoms with Crippen LogP contribution in [0.2, 0.25) is 0 Å². The number of hydrogen-bond donors (Lipinski definition) is 2. The van der Waals surface area contributed by atoms with Crippen molar-refractivity contribution in [3.05, 3.63) is 69.7 Å².